The summed E-state index contributed by atoms with van der Waals surface area (Å²) in [6.45, 7) is 3.25. The van der Waals surface area contributed by atoms with Crippen LogP contribution in [0, 0.1) is 0 Å². The molecule has 1 unspecified atom stereocenters. The SMILES string of the molecule is O=C(Nc1ccccc1)N1CCN(CC(OCc2ccc(C(F)(F)F)cc2)c2ccc(Cl)cc2)CC1. The largest absolute Gasteiger partial charge is 0.416 e. The highest BCUT2D eigenvalue weighted by Crippen LogP contribution is 2.30. The Hall–Kier alpha value is -3.07. The Morgan fingerprint density at radius 2 is 1.56 bits per heavy atom. The average molecular weight is 518 g/mol. The molecule has 1 fully saturated rings. The lowest BCUT2D eigenvalue weighted by atomic mass is 10.1. The number of piperazine rings is 1. The highest BCUT2D eigenvalue weighted by molar-refractivity contribution is 6.30. The molecular weight excluding hydrogens is 491 g/mol. The molecule has 1 saturated heterocycles. The fourth-order valence-corrected chi connectivity index (χ4v) is 4.14. The molecule has 1 N–H and O–H groups in total. The van der Waals surface area contributed by atoms with Crippen LogP contribution in [0.5, 0.6) is 0 Å². The first kappa shape index (κ1) is 26.0. The minimum absolute atomic E-state index is 0.131. The number of benzene rings is 3. The first-order valence-corrected chi connectivity index (χ1v) is 12.0. The molecule has 0 saturated carbocycles. The second-order valence-electron chi connectivity index (χ2n) is 8.63. The lowest BCUT2D eigenvalue weighted by molar-refractivity contribution is -0.137. The van der Waals surface area contributed by atoms with Crippen molar-refractivity contribution >= 4 is 23.3 Å². The molecule has 0 aliphatic carbocycles. The van der Waals surface area contributed by atoms with Crippen LogP contribution in [0.2, 0.25) is 5.02 Å². The Bertz CT molecular complexity index is 1120. The first-order chi connectivity index (χ1) is 17.3. The number of amides is 2. The molecule has 1 aliphatic rings. The molecule has 9 heteroatoms. The highest BCUT2D eigenvalue weighted by Gasteiger charge is 2.30. The van der Waals surface area contributed by atoms with Crippen LogP contribution < -0.4 is 5.32 Å². The van der Waals surface area contributed by atoms with Gasteiger partial charge in [-0.05, 0) is 47.5 Å². The number of anilines is 1. The summed E-state index contributed by atoms with van der Waals surface area (Å²) in [4.78, 5) is 16.6. The zero-order valence-electron chi connectivity index (χ0n) is 19.5. The van der Waals surface area contributed by atoms with Crippen LogP contribution >= 0.6 is 11.6 Å². The molecule has 36 heavy (non-hydrogen) atoms. The van der Waals surface area contributed by atoms with Crippen molar-refractivity contribution in [1.29, 1.82) is 0 Å². The van der Waals surface area contributed by atoms with Gasteiger partial charge in [-0.25, -0.2) is 4.79 Å². The van der Waals surface area contributed by atoms with Gasteiger partial charge in [-0.1, -0.05) is 54.1 Å². The van der Waals surface area contributed by atoms with Gasteiger partial charge < -0.3 is 15.0 Å². The zero-order valence-corrected chi connectivity index (χ0v) is 20.3. The minimum atomic E-state index is -4.37. The fourth-order valence-electron chi connectivity index (χ4n) is 4.01. The second-order valence-corrected chi connectivity index (χ2v) is 9.07. The van der Waals surface area contributed by atoms with Crippen LogP contribution in [0.4, 0.5) is 23.7 Å². The van der Waals surface area contributed by atoms with Crippen molar-refractivity contribution < 1.29 is 22.7 Å². The highest BCUT2D eigenvalue weighted by atomic mass is 35.5. The van der Waals surface area contributed by atoms with E-state index in [9.17, 15) is 18.0 Å². The molecular formula is C27H27ClF3N3O2. The van der Waals surface area contributed by atoms with Crippen molar-refractivity contribution in [3.8, 4) is 0 Å². The van der Waals surface area contributed by atoms with E-state index < -0.39 is 11.7 Å². The average Bonchev–Trinajstić information content (AvgIpc) is 2.88. The van der Waals surface area contributed by atoms with Gasteiger partial charge in [0, 0.05) is 43.4 Å². The van der Waals surface area contributed by atoms with Gasteiger partial charge in [0.15, 0.2) is 0 Å². The standard InChI is InChI=1S/C27H27ClF3N3O2/c28-23-12-8-21(9-13-23)25(36-19-20-6-10-22(11-7-20)27(29,30)31)18-33-14-16-34(17-15-33)26(35)32-24-4-2-1-3-5-24/h1-13,25H,14-19H2,(H,32,35). The van der Waals surface area contributed by atoms with Gasteiger partial charge in [-0.2, -0.15) is 13.2 Å². The van der Waals surface area contributed by atoms with Crippen molar-refractivity contribution in [2.24, 2.45) is 0 Å². The summed E-state index contributed by atoms with van der Waals surface area (Å²) in [6, 6.07) is 21.6. The van der Waals surface area contributed by atoms with Crippen LogP contribution in [0.25, 0.3) is 0 Å². The number of nitrogens with one attached hydrogen (secondary N) is 1. The summed E-state index contributed by atoms with van der Waals surface area (Å²) in [5.41, 5.74) is 1.65. The van der Waals surface area contributed by atoms with Gasteiger partial charge in [0.05, 0.1) is 18.3 Å². The van der Waals surface area contributed by atoms with E-state index in [2.05, 4.69) is 10.2 Å². The molecule has 190 valence electrons. The van der Waals surface area contributed by atoms with Crippen molar-refractivity contribution in [3.63, 3.8) is 0 Å². The van der Waals surface area contributed by atoms with Crippen LogP contribution in [-0.2, 0) is 17.5 Å². The van der Waals surface area contributed by atoms with Crippen LogP contribution in [0.15, 0.2) is 78.9 Å². The molecule has 0 radical (unpaired) electrons. The van der Waals surface area contributed by atoms with Gasteiger partial charge in [-0.3, -0.25) is 4.90 Å². The third-order valence-corrected chi connectivity index (χ3v) is 6.33. The maximum absolute atomic E-state index is 12.9. The van der Waals surface area contributed by atoms with Crippen molar-refractivity contribution in [2.45, 2.75) is 18.9 Å². The first-order valence-electron chi connectivity index (χ1n) is 11.6. The number of hydrogen-bond donors (Lipinski definition) is 1. The molecule has 1 aliphatic heterocycles. The number of nitrogens with zero attached hydrogens (tertiary/aromatic N) is 2. The topological polar surface area (TPSA) is 44.8 Å². The fraction of sp³-hybridized carbons (Fsp3) is 0.296. The number of ether oxygens (including phenoxy) is 1. The van der Waals surface area contributed by atoms with Crippen molar-refractivity contribution in [3.05, 3.63) is 101 Å². The monoisotopic (exact) mass is 517 g/mol. The molecule has 3 aromatic rings. The normalized spacial score (nSPS) is 15.5. The van der Waals surface area contributed by atoms with Crippen LogP contribution in [-0.4, -0.2) is 48.6 Å². The number of rotatable bonds is 7. The van der Waals surface area contributed by atoms with Crippen LogP contribution in [0.1, 0.15) is 22.8 Å². The number of carbonyl (C=O) groups excluding carboxylic acids is 1. The maximum Gasteiger partial charge on any atom is 0.416 e. The number of urea groups is 1. The molecule has 0 bridgehead atoms. The smallest absolute Gasteiger partial charge is 0.368 e. The van der Waals surface area contributed by atoms with Gasteiger partial charge in [0.1, 0.15) is 0 Å². The molecule has 0 aromatic heterocycles. The number of hydrogen-bond acceptors (Lipinski definition) is 3. The maximum atomic E-state index is 12.9. The van der Waals surface area contributed by atoms with Crippen molar-refractivity contribution in [2.75, 3.05) is 38.0 Å². The van der Waals surface area contributed by atoms with E-state index in [0.717, 1.165) is 23.4 Å². The van der Waals surface area contributed by atoms with E-state index in [0.29, 0.717) is 43.3 Å². The van der Waals surface area contributed by atoms with E-state index >= 15 is 0 Å². The number of alkyl halides is 3. The summed E-state index contributed by atoms with van der Waals surface area (Å²) < 4.78 is 44.8. The third-order valence-electron chi connectivity index (χ3n) is 6.08. The summed E-state index contributed by atoms with van der Waals surface area (Å²) in [6.07, 6.45) is -4.68. The second kappa shape index (κ2) is 11.8. The van der Waals surface area contributed by atoms with E-state index in [1.54, 1.807) is 17.0 Å². The molecule has 2 amide bonds. The third kappa shape index (κ3) is 7.22. The zero-order chi connectivity index (χ0) is 25.5. The molecule has 1 atom stereocenters. The number of carbonyl (C=O) groups is 1. The van der Waals surface area contributed by atoms with Gasteiger partial charge in [0.2, 0.25) is 0 Å². The summed E-state index contributed by atoms with van der Waals surface area (Å²) in [7, 11) is 0. The van der Waals surface area contributed by atoms with E-state index in [1.165, 1.54) is 12.1 Å². The van der Waals surface area contributed by atoms with E-state index in [4.69, 9.17) is 16.3 Å². The van der Waals surface area contributed by atoms with Crippen LogP contribution in [0.3, 0.4) is 0 Å². The molecule has 4 rings (SSSR count). The molecule has 3 aromatic carbocycles. The molecule has 5 nitrogen and oxygen atoms in total. The van der Waals surface area contributed by atoms with Gasteiger partial charge in [-0.15, -0.1) is 0 Å². The number of halogens is 4. The minimum Gasteiger partial charge on any atom is -0.368 e. The molecule has 1 heterocycles. The number of para-hydroxylation sites is 1. The van der Waals surface area contributed by atoms with Gasteiger partial charge >= 0.3 is 12.2 Å². The summed E-state index contributed by atoms with van der Waals surface area (Å²) in [5, 5.41) is 3.52. The Morgan fingerprint density at radius 1 is 0.917 bits per heavy atom. The summed E-state index contributed by atoms with van der Waals surface area (Å²) in [5.74, 6) is 0. The van der Waals surface area contributed by atoms with Crippen molar-refractivity contribution in [1.82, 2.24) is 9.80 Å². The van der Waals surface area contributed by atoms with E-state index in [-0.39, 0.29) is 18.7 Å². The Labute approximate surface area is 213 Å². The summed E-state index contributed by atoms with van der Waals surface area (Å²) >= 11 is 6.05. The van der Waals surface area contributed by atoms with E-state index in [1.807, 2.05) is 42.5 Å². The predicted molar refractivity (Wildman–Crippen MR) is 134 cm³/mol. The van der Waals surface area contributed by atoms with Gasteiger partial charge in [0.25, 0.3) is 0 Å². The molecule has 0 spiro atoms. The Morgan fingerprint density at radius 3 is 2.17 bits per heavy atom. The Balaban J connectivity index is 1.35. The lowest BCUT2D eigenvalue weighted by Gasteiger charge is -2.36. The lowest BCUT2D eigenvalue weighted by Crippen LogP contribution is -2.50. The quantitative estimate of drug-likeness (QED) is 0.391. The Kier molecular flexibility index (Phi) is 8.51. The predicted octanol–water partition coefficient (Wildman–Crippen LogP) is 6.47.